The highest BCUT2D eigenvalue weighted by Gasteiger charge is 2.31. The zero-order valence-electron chi connectivity index (χ0n) is 17.4. The molecule has 0 spiro atoms. The number of nitrogens with two attached hydrogens (primary N) is 1. The van der Waals surface area contributed by atoms with E-state index >= 15 is 0 Å². The van der Waals surface area contributed by atoms with Gasteiger partial charge in [0.1, 0.15) is 0 Å². The number of hydrazine groups is 1. The number of rotatable bonds is 4. The van der Waals surface area contributed by atoms with Gasteiger partial charge in [-0.15, -0.1) is 0 Å². The van der Waals surface area contributed by atoms with Gasteiger partial charge in [0, 0.05) is 24.0 Å². The maximum atomic E-state index is 13.3. The molecule has 2 aromatic rings. The fourth-order valence-corrected chi connectivity index (χ4v) is 3.42. The second-order valence-electron chi connectivity index (χ2n) is 6.31. The smallest absolute Gasteiger partial charge is 0.428 e. The van der Waals surface area contributed by atoms with E-state index in [9.17, 15) is 22.8 Å². The molecular weight excluding hydrogens is 430 g/mol. The van der Waals surface area contributed by atoms with Gasteiger partial charge >= 0.3 is 12.1 Å². The molecule has 2 N–H and O–H groups in total. The van der Waals surface area contributed by atoms with Crippen LogP contribution in [0.3, 0.4) is 0 Å². The number of anilines is 1. The lowest BCUT2D eigenvalue weighted by molar-refractivity contribution is 0.0596. The Morgan fingerprint density at radius 3 is 2.06 bits per heavy atom. The molecule has 1 aromatic carbocycles. The summed E-state index contributed by atoms with van der Waals surface area (Å²) in [6, 6.07) is 4.83. The largest absolute Gasteiger partial charge is 0.465 e. The summed E-state index contributed by atoms with van der Waals surface area (Å²) in [5.41, 5.74) is 0.474. The van der Waals surface area contributed by atoms with E-state index in [1.165, 1.54) is 13.1 Å². The number of ether oxygens (including phenoxy) is 2. The molecule has 0 unspecified atom stereocenters. The summed E-state index contributed by atoms with van der Waals surface area (Å²) in [5, 5.41) is 6.84. The van der Waals surface area contributed by atoms with Gasteiger partial charge in [-0.1, -0.05) is 0 Å². The van der Waals surface area contributed by atoms with Crippen LogP contribution >= 0.6 is 0 Å². The number of nitrogens with zero attached hydrogens (tertiary/aromatic N) is 4. The van der Waals surface area contributed by atoms with E-state index < -0.39 is 32.9 Å². The highest BCUT2D eigenvalue weighted by Crippen LogP contribution is 2.22. The number of carbonyl (C=O) groups excluding carboxylic acids is 3. The molecule has 0 bridgehead atoms. The maximum absolute atomic E-state index is 13.3. The van der Waals surface area contributed by atoms with Crippen molar-refractivity contribution in [1.82, 2.24) is 15.0 Å². The molecule has 2 rings (SSSR count). The number of hydrogen-bond acceptors (Lipinski definition) is 9. The van der Waals surface area contributed by atoms with Gasteiger partial charge < -0.3 is 9.47 Å². The quantitative estimate of drug-likeness (QED) is 0.523. The van der Waals surface area contributed by atoms with Gasteiger partial charge in [-0.05, 0) is 38.1 Å². The Balaban J connectivity index is 2.69. The molecule has 2 amide bonds. The van der Waals surface area contributed by atoms with Crippen LogP contribution in [0.2, 0.25) is 0 Å². The van der Waals surface area contributed by atoms with Gasteiger partial charge in [-0.25, -0.2) is 38.1 Å². The lowest BCUT2D eigenvalue weighted by atomic mass is 10.1. The summed E-state index contributed by atoms with van der Waals surface area (Å²) < 4.78 is 33.2. The van der Waals surface area contributed by atoms with Gasteiger partial charge in [-0.3, -0.25) is 4.79 Å². The monoisotopic (exact) mass is 451 g/mol. The number of aryl methyl sites for hydroxylation is 2. The summed E-state index contributed by atoms with van der Waals surface area (Å²) in [6.45, 7) is 3.34. The van der Waals surface area contributed by atoms with Crippen molar-refractivity contribution in [3.63, 3.8) is 0 Å². The van der Waals surface area contributed by atoms with Crippen LogP contribution in [-0.2, 0) is 19.5 Å². The topological polar surface area (TPSA) is 162 Å². The van der Waals surface area contributed by atoms with Crippen molar-refractivity contribution in [3.8, 4) is 0 Å². The zero-order chi connectivity index (χ0) is 23.5. The van der Waals surface area contributed by atoms with Crippen molar-refractivity contribution in [3.05, 3.63) is 46.8 Å². The molecule has 0 aliphatic rings. The number of benzene rings is 1. The van der Waals surface area contributed by atoms with Crippen LogP contribution in [0.1, 0.15) is 32.1 Å². The lowest BCUT2D eigenvalue weighted by Gasteiger charge is -2.29. The van der Waals surface area contributed by atoms with E-state index in [0.717, 1.165) is 36.4 Å². The predicted octanol–water partition coefficient (Wildman–Crippen LogP) is 0.787. The molecule has 0 aliphatic heterocycles. The zero-order valence-corrected chi connectivity index (χ0v) is 18.3. The van der Waals surface area contributed by atoms with E-state index in [0.29, 0.717) is 11.4 Å². The Morgan fingerprint density at radius 1 is 1.00 bits per heavy atom. The summed E-state index contributed by atoms with van der Waals surface area (Å²) in [5.74, 6) is -1.98. The summed E-state index contributed by atoms with van der Waals surface area (Å²) in [6.07, 6.45) is -0.908. The molecule has 0 saturated heterocycles. The molecule has 166 valence electrons. The fraction of sp³-hybridized carbons (Fsp3) is 0.278. The van der Waals surface area contributed by atoms with Gasteiger partial charge in [0.2, 0.25) is 10.0 Å². The minimum Gasteiger partial charge on any atom is -0.465 e. The number of carbonyl (C=O) groups is 3. The summed E-state index contributed by atoms with van der Waals surface area (Å²) in [7, 11) is -0.966. The van der Waals surface area contributed by atoms with E-state index in [2.05, 4.69) is 19.4 Å². The van der Waals surface area contributed by atoms with Crippen molar-refractivity contribution in [2.24, 2.45) is 5.14 Å². The Morgan fingerprint density at radius 2 is 1.58 bits per heavy atom. The molecule has 0 atom stereocenters. The first-order valence-corrected chi connectivity index (χ1v) is 10.2. The number of methoxy groups -OCH3 is 2. The van der Waals surface area contributed by atoms with Crippen LogP contribution in [0.15, 0.2) is 29.2 Å². The van der Waals surface area contributed by atoms with E-state index in [4.69, 9.17) is 5.14 Å². The highest BCUT2D eigenvalue weighted by molar-refractivity contribution is 7.89. The molecule has 0 saturated carbocycles. The minimum atomic E-state index is -4.40. The SMILES string of the molecule is COC(=O)c1ccc(C(=O)N(c2nc(C)cc(C)n2)N(C)C(=O)OC)cc1S(N)(=O)=O. The molecule has 0 radical (unpaired) electrons. The van der Waals surface area contributed by atoms with Crippen LogP contribution < -0.4 is 10.1 Å². The summed E-state index contributed by atoms with van der Waals surface area (Å²) >= 11 is 0. The summed E-state index contributed by atoms with van der Waals surface area (Å²) in [4.78, 5) is 45.1. The van der Waals surface area contributed by atoms with Gasteiger partial charge in [0.15, 0.2) is 0 Å². The van der Waals surface area contributed by atoms with E-state index in [-0.39, 0.29) is 17.1 Å². The van der Waals surface area contributed by atoms with Crippen LogP contribution in [0.4, 0.5) is 10.7 Å². The minimum absolute atomic E-state index is 0.149. The number of primary sulfonamides is 1. The molecule has 1 heterocycles. The highest BCUT2D eigenvalue weighted by atomic mass is 32.2. The molecule has 1 aromatic heterocycles. The predicted molar refractivity (Wildman–Crippen MR) is 108 cm³/mol. The Kier molecular flexibility index (Phi) is 6.92. The Hall–Kier alpha value is -3.58. The average molecular weight is 451 g/mol. The first-order chi connectivity index (χ1) is 14.4. The number of sulfonamides is 1. The van der Waals surface area contributed by atoms with Crippen LogP contribution in [-0.4, -0.2) is 62.6 Å². The van der Waals surface area contributed by atoms with Gasteiger partial charge in [0.05, 0.1) is 24.7 Å². The van der Waals surface area contributed by atoms with Crippen LogP contribution in [0.25, 0.3) is 0 Å². The molecule has 12 nitrogen and oxygen atoms in total. The van der Waals surface area contributed by atoms with Gasteiger partial charge in [-0.2, -0.15) is 5.01 Å². The van der Waals surface area contributed by atoms with E-state index in [1.807, 2.05) is 0 Å². The standard InChI is InChI=1S/C18H21N5O7S/c1-10-8-11(2)21-17(20-10)23(22(3)18(26)30-5)15(24)12-6-7-13(16(25)29-4)14(9-12)31(19,27)28/h6-9H,1-5H3,(H2,19,27,28). The second kappa shape index (κ2) is 9.06. The van der Waals surface area contributed by atoms with Gasteiger partial charge in [0.25, 0.3) is 11.9 Å². The van der Waals surface area contributed by atoms with Crippen molar-refractivity contribution in [2.45, 2.75) is 18.7 Å². The van der Waals surface area contributed by atoms with Crippen LogP contribution in [0.5, 0.6) is 0 Å². The Labute approximate surface area is 178 Å². The normalized spacial score (nSPS) is 10.9. The molecule has 0 aliphatic carbocycles. The molecule has 13 heteroatoms. The molecule has 31 heavy (non-hydrogen) atoms. The number of esters is 1. The number of amides is 2. The first-order valence-electron chi connectivity index (χ1n) is 8.64. The third-order valence-electron chi connectivity index (χ3n) is 4.03. The van der Waals surface area contributed by atoms with E-state index in [1.54, 1.807) is 19.9 Å². The second-order valence-corrected chi connectivity index (χ2v) is 7.84. The third-order valence-corrected chi connectivity index (χ3v) is 4.98. The van der Waals surface area contributed by atoms with Crippen molar-refractivity contribution < 1.29 is 32.3 Å². The Bertz CT molecular complexity index is 1130. The lowest BCUT2D eigenvalue weighted by Crippen LogP contribution is -2.48. The average Bonchev–Trinajstić information content (AvgIpc) is 2.70. The number of aromatic nitrogens is 2. The van der Waals surface area contributed by atoms with Crippen LogP contribution in [0, 0.1) is 13.8 Å². The fourth-order valence-electron chi connectivity index (χ4n) is 2.67. The van der Waals surface area contributed by atoms with Crippen molar-refractivity contribution in [1.29, 1.82) is 0 Å². The first kappa shape index (κ1) is 23.7. The third kappa shape index (κ3) is 5.13. The van der Waals surface area contributed by atoms with Crippen molar-refractivity contribution in [2.75, 3.05) is 26.3 Å². The molecule has 0 fully saturated rings. The number of hydrogen-bond donors (Lipinski definition) is 1. The molecular formula is C18H21N5O7S. The maximum Gasteiger partial charge on any atom is 0.428 e. The van der Waals surface area contributed by atoms with Crippen molar-refractivity contribution >= 4 is 33.9 Å².